The van der Waals surface area contributed by atoms with Crippen molar-refractivity contribution in [3.8, 4) is 5.06 Å². The summed E-state index contributed by atoms with van der Waals surface area (Å²) in [6, 6.07) is 0. The molecule has 0 saturated heterocycles. The highest BCUT2D eigenvalue weighted by Crippen LogP contribution is 2.40. The summed E-state index contributed by atoms with van der Waals surface area (Å²) in [6.07, 6.45) is -6.52. The van der Waals surface area contributed by atoms with Crippen LogP contribution in [0.4, 0.5) is 18.0 Å². The molecule has 0 spiro atoms. The molecule has 12 heteroatoms. The number of carbonyl (C=O) groups is 1. The number of hydrogen-bond donors (Lipinski definition) is 2. The third-order valence-electron chi connectivity index (χ3n) is 1.28. The number of rotatable bonds is 2. The van der Waals surface area contributed by atoms with Gasteiger partial charge in [-0.15, -0.1) is 0 Å². The van der Waals surface area contributed by atoms with Crippen LogP contribution in [0, 0.1) is 0 Å². The summed E-state index contributed by atoms with van der Waals surface area (Å²) in [5, 5.41) is 3.52. The number of primary sulfonamides is 1. The van der Waals surface area contributed by atoms with E-state index in [0.717, 1.165) is 0 Å². The molecule has 0 aromatic carbocycles. The van der Waals surface area contributed by atoms with Crippen molar-refractivity contribution in [2.24, 2.45) is 10.9 Å². The minimum Gasteiger partial charge on any atom is -0.397 e. The normalized spacial score (nSPS) is 12.5. The Hall–Kier alpha value is -1.40. The van der Waals surface area contributed by atoms with Gasteiger partial charge in [0.15, 0.2) is 5.69 Å². The Morgan fingerprint density at radius 2 is 1.94 bits per heavy atom. The van der Waals surface area contributed by atoms with Crippen LogP contribution in [0.15, 0.2) is 4.34 Å². The van der Waals surface area contributed by atoms with E-state index in [-0.39, 0.29) is 11.3 Å². The van der Waals surface area contributed by atoms with Crippen molar-refractivity contribution in [2.75, 3.05) is 0 Å². The molecule has 1 heterocycles. The van der Waals surface area contributed by atoms with Gasteiger partial charge in [-0.2, -0.15) is 13.2 Å². The van der Waals surface area contributed by atoms with Crippen molar-refractivity contribution in [1.82, 2.24) is 4.98 Å². The molecular formula is C5H4F3N3O4S2. The van der Waals surface area contributed by atoms with Gasteiger partial charge in [-0.25, -0.2) is 23.3 Å². The number of carbonyl (C=O) groups excluding carboxylic acids is 1. The van der Waals surface area contributed by atoms with Gasteiger partial charge in [-0.3, -0.25) is 0 Å². The van der Waals surface area contributed by atoms with Crippen molar-refractivity contribution in [3.63, 3.8) is 0 Å². The van der Waals surface area contributed by atoms with Gasteiger partial charge >= 0.3 is 12.3 Å². The first-order valence-electron chi connectivity index (χ1n) is 3.60. The maximum atomic E-state index is 12.4. The van der Waals surface area contributed by atoms with Crippen molar-refractivity contribution in [1.29, 1.82) is 0 Å². The van der Waals surface area contributed by atoms with Gasteiger partial charge in [0.1, 0.15) is 0 Å². The Morgan fingerprint density at radius 3 is 2.29 bits per heavy atom. The number of ether oxygens (including phenoxy) is 1. The van der Waals surface area contributed by atoms with Crippen molar-refractivity contribution in [2.45, 2.75) is 10.5 Å². The molecule has 1 rings (SSSR count). The van der Waals surface area contributed by atoms with E-state index in [9.17, 15) is 26.4 Å². The van der Waals surface area contributed by atoms with Gasteiger partial charge in [0.2, 0.25) is 9.40 Å². The molecule has 0 aliphatic heterocycles. The summed E-state index contributed by atoms with van der Waals surface area (Å²) in [4.78, 5) is 13.1. The lowest BCUT2D eigenvalue weighted by Gasteiger charge is -2.04. The number of amides is 1. The van der Waals surface area contributed by atoms with Gasteiger partial charge < -0.3 is 10.5 Å². The molecule has 7 nitrogen and oxygen atoms in total. The van der Waals surface area contributed by atoms with Crippen LogP contribution in [0.5, 0.6) is 5.06 Å². The highest BCUT2D eigenvalue weighted by atomic mass is 32.2. The lowest BCUT2D eigenvalue weighted by molar-refractivity contribution is -0.141. The van der Waals surface area contributed by atoms with E-state index in [1.54, 1.807) is 0 Å². The fraction of sp³-hybridized carbons (Fsp3) is 0.200. The van der Waals surface area contributed by atoms with E-state index in [0.29, 0.717) is 0 Å². The van der Waals surface area contributed by atoms with Gasteiger partial charge in [0.25, 0.3) is 10.0 Å². The summed E-state index contributed by atoms with van der Waals surface area (Å²) in [5.74, 6) is 0. The van der Waals surface area contributed by atoms with Gasteiger partial charge in [0, 0.05) is 0 Å². The third-order valence-corrected chi connectivity index (χ3v) is 3.53. The van der Waals surface area contributed by atoms with Gasteiger partial charge in [-0.05, 0) is 0 Å². The Morgan fingerprint density at radius 1 is 1.41 bits per heavy atom. The summed E-state index contributed by atoms with van der Waals surface area (Å²) in [6.45, 7) is 0. The molecule has 4 N–H and O–H groups in total. The lowest BCUT2D eigenvalue weighted by Crippen LogP contribution is -2.18. The molecule has 0 saturated carbocycles. The summed E-state index contributed by atoms with van der Waals surface area (Å²) < 4.78 is 61.7. The molecule has 0 unspecified atom stereocenters. The van der Waals surface area contributed by atoms with Crippen LogP contribution < -0.4 is 15.6 Å². The quantitative estimate of drug-likeness (QED) is 0.808. The van der Waals surface area contributed by atoms with Crippen LogP contribution in [0.3, 0.4) is 0 Å². The van der Waals surface area contributed by atoms with E-state index < -0.39 is 37.4 Å². The minimum absolute atomic E-state index is 0.0455. The molecule has 0 aliphatic rings. The van der Waals surface area contributed by atoms with E-state index in [1.807, 2.05) is 0 Å². The van der Waals surface area contributed by atoms with Crippen LogP contribution in [-0.2, 0) is 16.2 Å². The predicted molar refractivity (Wildman–Crippen MR) is 48.7 cm³/mol. The van der Waals surface area contributed by atoms with Gasteiger partial charge in [0.05, 0.1) is 0 Å². The molecule has 0 aliphatic carbocycles. The minimum atomic E-state index is -5.00. The predicted octanol–water partition coefficient (Wildman–Crippen LogP) is 0.267. The number of halogens is 3. The highest BCUT2D eigenvalue weighted by Gasteiger charge is 2.40. The van der Waals surface area contributed by atoms with Gasteiger partial charge in [-0.1, -0.05) is 11.3 Å². The van der Waals surface area contributed by atoms with Crippen LogP contribution >= 0.6 is 11.3 Å². The van der Waals surface area contributed by atoms with E-state index in [1.165, 1.54) is 0 Å². The fourth-order valence-corrected chi connectivity index (χ4v) is 2.34. The maximum Gasteiger partial charge on any atom is 0.438 e. The zero-order valence-corrected chi connectivity index (χ0v) is 9.32. The average molecular weight is 291 g/mol. The zero-order valence-electron chi connectivity index (χ0n) is 7.69. The van der Waals surface area contributed by atoms with Crippen molar-refractivity contribution in [3.05, 3.63) is 5.69 Å². The number of aromatic nitrogens is 1. The monoisotopic (exact) mass is 291 g/mol. The number of nitrogens with two attached hydrogens (primary N) is 2. The fourth-order valence-electron chi connectivity index (χ4n) is 0.749. The second kappa shape index (κ2) is 4.12. The topological polar surface area (TPSA) is 125 Å². The first-order chi connectivity index (χ1) is 7.51. The Labute approximate surface area is 96.2 Å². The maximum absolute atomic E-state index is 12.4. The lowest BCUT2D eigenvalue weighted by atomic mass is 10.5. The van der Waals surface area contributed by atoms with Crippen molar-refractivity contribution < 1.29 is 31.1 Å². The summed E-state index contributed by atoms with van der Waals surface area (Å²) in [5.41, 5.74) is 2.85. The van der Waals surface area contributed by atoms with E-state index in [4.69, 9.17) is 0 Å². The molecule has 17 heavy (non-hydrogen) atoms. The number of hydrogen-bond acceptors (Lipinski definition) is 6. The molecule has 0 bridgehead atoms. The Kier molecular flexibility index (Phi) is 3.31. The summed E-state index contributed by atoms with van der Waals surface area (Å²) >= 11 is -0.0455. The number of primary amides is 1. The molecule has 0 fully saturated rings. The number of thiazole rings is 1. The number of sulfonamides is 1. The highest BCUT2D eigenvalue weighted by molar-refractivity contribution is 7.91. The first-order valence-corrected chi connectivity index (χ1v) is 5.96. The van der Waals surface area contributed by atoms with Crippen LogP contribution in [0.25, 0.3) is 0 Å². The Bertz CT molecular complexity index is 549. The molecule has 1 aromatic heterocycles. The second-order valence-corrected chi connectivity index (χ2v) is 5.28. The average Bonchev–Trinajstić information content (AvgIpc) is 2.44. The number of alkyl halides is 3. The SMILES string of the molecule is NC(=O)Oc1sc(S(N)(=O)=O)nc1C(F)(F)F. The second-order valence-electron chi connectivity index (χ2n) is 2.58. The smallest absolute Gasteiger partial charge is 0.397 e. The van der Waals surface area contributed by atoms with Crippen LogP contribution in [0.2, 0.25) is 0 Å². The number of nitrogens with zero attached hydrogens (tertiary/aromatic N) is 1. The van der Waals surface area contributed by atoms with E-state index in [2.05, 4.69) is 20.6 Å². The van der Waals surface area contributed by atoms with Crippen molar-refractivity contribution >= 4 is 27.5 Å². The van der Waals surface area contributed by atoms with E-state index >= 15 is 0 Å². The molecule has 1 aromatic rings. The van der Waals surface area contributed by atoms with Crippen LogP contribution in [0.1, 0.15) is 5.69 Å². The molecule has 0 radical (unpaired) electrons. The zero-order chi connectivity index (χ0) is 13.4. The largest absolute Gasteiger partial charge is 0.438 e. The third kappa shape index (κ3) is 3.28. The summed E-state index contributed by atoms with van der Waals surface area (Å²) in [7, 11) is -4.43. The molecule has 96 valence electrons. The Balaban J connectivity index is 3.37. The standard InChI is InChI=1S/C5H4F3N3O4S2/c6-5(7,8)1-2(15-3(9)12)16-4(11-1)17(10,13)14/h(H2,9,12)(H2,10,13,14). The molecule has 0 atom stereocenters. The van der Waals surface area contributed by atoms with Crippen LogP contribution in [-0.4, -0.2) is 19.5 Å². The molecule has 1 amide bonds. The first kappa shape index (κ1) is 13.7. The molecular weight excluding hydrogens is 287 g/mol.